The number of nitrogens with one attached hydrogen (secondary N) is 1. The molecule has 1 aliphatic rings. The van der Waals surface area contributed by atoms with E-state index in [2.05, 4.69) is 10.3 Å². The molecule has 2 N–H and O–H groups in total. The van der Waals surface area contributed by atoms with Crippen LogP contribution in [-0.4, -0.2) is 22.7 Å². The lowest BCUT2D eigenvalue weighted by molar-refractivity contribution is -0.142. The summed E-state index contributed by atoms with van der Waals surface area (Å²) in [4.78, 5) is 3.34. The third-order valence-electron chi connectivity index (χ3n) is 5.70. The average Bonchev–Trinajstić information content (AvgIpc) is 2.70. The van der Waals surface area contributed by atoms with Gasteiger partial charge in [0.1, 0.15) is 11.3 Å². The van der Waals surface area contributed by atoms with Crippen LogP contribution in [0.4, 0.5) is 26.3 Å². The lowest BCUT2D eigenvalue weighted by Gasteiger charge is -2.40. The maximum atomic E-state index is 13.6. The van der Waals surface area contributed by atoms with Crippen molar-refractivity contribution >= 4 is 10.9 Å². The number of aromatic nitrogens is 1. The van der Waals surface area contributed by atoms with Crippen molar-refractivity contribution in [3.8, 4) is 0 Å². The van der Waals surface area contributed by atoms with Gasteiger partial charge >= 0.3 is 12.4 Å². The van der Waals surface area contributed by atoms with Crippen LogP contribution in [0.3, 0.4) is 0 Å². The predicted octanol–water partition coefficient (Wildman–Crippen LogP) is 5.79. The van der Waals surface area contributed by atoms with E-state index in [1.807, 2.05) is 6.92 Å². The number of para-hydroxylation sites is 1. The summed E-state index contributed by atoms with van der Waals surface area (Å²) in [5.41, 5.74) is -5.38. The monoisotopic (exact) mass is 434 g/mol. The normalized spacial score (nSPS) is 20.3. The molecule has 0 radical (unpaired) electrons. The van der Waals surface area contributed by atoms with Gasteiger partial charge in [-0.05, 0) is 43.5 Å². The average molecular weight is 434 g/mol. The van der Waals surface area contributed by atoms with E-state index < -0.39 is 40.8 Å². The first-order valence-electron chi connectivity index (χ1n) is 10.0. The predicted molar refractivity (Wildman–Crippen MR) is 101 cm³/mol. The fraction of sp³-hybridized carbons (Fsp3) is 0.571. The van der Waals surface area contributed by atoms with Crippen LogP contribution in [0.25, 0.3) is 10.9 Å². The molecule has 0 bridgehead atoms. The minimum absolute atomic E-state index is 0.108. The molecule has 2 atom stereocenters. The Kier molecular flexibility index (Phi) is 6.34. The van der Waals surface area contributed by atoms with Crippen LogP contribution in [0.1, 0.15) is 62.3 Å². The Morgan fingerprint density at radius 1 is 1.07 bits per heavy atom. The van der Waals surface area contributed by atoms with Crippen LogP contribution < -0.4 is 5.32 Å². The summed E-state index contributed by atoms with van der Waals surface area (Å²) in [5, 5.41) is 14.7. The minimum atomic E-state index is -4.95. The van der Waals surface area contributed by atoms with Gasteiger partial charge in [0, 0.05) is 11.4 Å². The number of aliphatic hydroxyl groups is 1. The second-order valence-corrected chi connectivity index (χ2v) is 7.78. The number of hydrogen-bond donors (Lipinski definition) is 2. The van der Waals surface area contributed by atoms with Crippen LogP contribution in [0.5, 0.6) is 0 Å². The Labute approximate surface area is 170 Å². The van der Waals surface area contributed by atoms with Crippen molar-refractivity contribution in [1.82, 2.24) is 10.3 Å². The molecule has 3 rings (SSSR count). The standard InChI is InChI=1S/C21H24F6N2O/c1-2-3-10-19(30,16-9-4-5-11-28-16)15-12-17(21(25,26)27)29-18-13(15)7-6-8-14(18)20(22,23)24/h6-8,12,16,28,30H,2-5,9-11H2,1H3. The number of halogens is 6. The van der Waals surface area contributed by atoms with E-state index in [1.54, 1.807) is 0 Å². The highest BCUT2D eigenvalue weighted by atomic mass is 19.4. The molecule has 1 aromatic heterocycles. The maximum absolute atomic E-state index is 13.6. The second kappa shape index (κ2) is 8.34. The van der Waals surface area contributed by atoms with Gasteiger partial charge in [-0.3, -0.25) is 0 Å². The van der Waals surface area contributed by atoms with E-state index in [0.29, 0.717) is 37.9 Å². The van der Waals surface area contributed by atoms with Gasteiger partial charge in [0.05, 0.1) is 11.1 Å². The summed E-state index contributed by atoms with van der Waals surface area (Å²) in [5.74, 6) is 0. The molecule has 9 heteroatoms. The Morgan fingerprint density at radius 3 is 2.37 bits per heavy atom. The molecular formula is C21H24F6N2O. The van der Waals surface area contributed by atoms with Gasteiger partial charge in [-0.1, -0.05) is 38.3 Å². The molecule has 30 heavy (non-hydrogen) atoms. The van der Waals surface area contributed by atoms with Crippen LogP contribution in [0, 0.1) is 0 Å². The van der Waals surface area contributed by atoms with Crippen LogP contribution in [0.15, 0.2) is 24.3 Å². The SMILES string of the molecule is CCCCC(O)(c1cc(C(F)(F)F)nc2c(C(F)(F)F)cccc12)C1CCCCN1. The van der Waals surface area contributed by atoms with E-state index in [9.17, 15) is 31.4 Å². The number of piperidine rings is 1. The molecule has 1 fully saturated rings. The van der Waals surface area contributed by atoms with Crippen molar-refractivity contribution < 1.29 is 31.4 Å². The first-order valence-corrected chi connectivity index (χ1v) is 10.0. The summed E-state index contributed by atoms with van der Waals surface area (Å²) in [6.07, 6.45) is -6.35. The zero-order valence-electron chi connectivity index (χ0n) is 16.5. The smallest absolute Gasteiger partial charge is 0.384 e. The number of pyridine rings is 1. The number of unbranched alkanes of at least 4 members (excludes halogenated alkanes) is 1. The van der Waals surface area contributed by atoms with Gasteiger partial charge in [-0.2, -0.15) is 26.3 Å². The molecule has 3 nitrogen and oxygen atoms in total. The summed E-state index contributed by atoms with van der Waals surface area (Å²) in [7, 11) is 0. The maximum Gasteiger partial charge on any atom is 0.433 e. The van der Waals surface area contributed by atoms with Gasteiger partial charge in [0.2, 0.25) is 0 Å². The number of benzene rings is 1. The number of fused-ring (bicyclic) bond motifs is 1. The van der Waals surface area contributed by atoms with E-state index in [1.165, 1.54) is 6.07 Å². The molecule has 0 spiro atoms. The Balaban J connectivity index is 2.33. The molecule has 1 aliphatic heterocycles. The Bertz CT molecular complexity index is 889. The molecule has 0 saturated carbocycles. The Morgan fingerprint density at radius 2 is 1.80 bits per heavy atom. The first kappa shape index (κ1) is 22.8. The summed E-state index contributed by atoms with van der Waals surface area (Å²) in [6.45, 7) is 2.46. The van der Waals surface area contributed by atoms with Crippen molar-refractivity contribution in [1.29, 1.82) is 0 Å². The van der Waals surface area contributed by atoms with Crippen molar-refractivity contribution in [2.75, 3.05) is 6.54 Å². The molecule has 0 aliphatic carbocycles. The van der Waals surface area contributed by atoms with Gasteiger partial charge in [0.15, 0.2) is 0 Å². The molecule has 2 aromatic rings. The first-order chi connectivity index (χ1) is 14.0. The van der Waals surface area contributed by atoms with Gasteiger partial charge in [-0.15, -0.1) is 0 Å². The molecule has 2 unspecified atom stereocenters. The molecule has 0 amide bonds. The van der Waals surface area contributed by atoms with Crippen LogP contribution in [-0.2, 0) is 18.0 Å². The highest BCUT2D eigenvalue weighted by Gasteiger charge is 2.44. The van der Waals surface area contributed by atoms with Gasteiger partial charge in [0.25, 0.3) is 0 Å². The number of rotatable bonds is 5. The van der Waals surface area contributed by atoms with Crippen LogP contribution in [0.2, 0.25) is 0 Å². The van der Waals surface area contributed by atoms with E-state index in [-0.39, 0.29) is 17.4 Å². The third kappa shape index (κ3) is 4.42. The lowest BCUT2D eigenvalue weighted by Crippen LogP contribution is -2.51. The number of alkyl halides is 6. The Hall–Kier alpha value is -1.87. The minimum Gasteiger partial charge on any atom is -0.384 e. The molecule has 166 valence electrons. The fourth-order valence-corrected chi connectivity index (χ4v) is 4.18. The number of hydrogen-bond acceptors (Lipinski definition) is 3. The van der Waals surface area contributed by atoms with Gasteiger partial charge < -0.3 is 10.4 Å². The van der Waals surface area contributed by atoms with Crippen molar-refractivity contribution in [3.63, 3.8) is 0 Å². The summed E-state index contributed by atoms with van der Waals surface area (Å²) in [6, 6.07) is 3.31. The molecule has 1 aromatic carbocycles. The number of nitrogens with zero attached hydrogens (tertiary/aromatic N) is 1. The lowest BCUT2D eigenvalue weighted by atomic mass is 9.77. The van der Waals surface area contributed by atoms with Crippen LogP contribution >= 0.6 is 0 Å². The third-order valence-corrected chi connectivity index (χ3v) is 5.70. The van der Waals surface area contributed by atoms with Crippen molar-refractivity contribution in [2.24, 2.45) is 0 Å². The summed E-state index contributed by atoms with van der Waals surface area (Å²) >= 11 is 0. The zero-order chi connectivity index (χ0) is 22.2. The van der Waals surface area contributed by atoms with E-state index in [0.717, 1.165) is 18.9 Å². The quantitative estimate of drug-likeness (QED) is 0.586. The van der Waals surface area contributed by atoms with E-state index in [4.69, 9.17) is 0 Å². The highest BCUT2D eigenvalue weighted by Crippen LogP contribution is 2.43. The topological polar surface area (TPSA) is 45.2 Å². The largest absolute Gasteiger partial charge is 0.433 e. The van der Waals surface area contributed by atoms with Crippen molar-refractivity contribution in [2.45, 2.75) is 69.4 Å². The molecule has 2 heterocycles. The zero-order valence-corrected chi connectivity index (χ0v) is 16.5. The van der Waals surface area contributed by atoms with E-state index >= 15 is 0 Å². The highest BCUT2D eigenvalue weighted by molar-refractivity contribution is 5.86. The molecule has 1 saturated heterocycles. The molecular weight excluding hydrogens is 410 g/mol. The second-order valence-electron chi connectivity index (χ2n) is 7.78. The summed E-state index contributed by atoms with van der Waals surface area (Å²) < 4.78 is 81.3. The van der Waals surface area contributed by atoms with Gasteiger partial charge in [-0.25, -0.2) is 4.98 Å². The van der Waals surface area contributed by atoms with Crippen molar-refractivity contribution in [3.05, 3.63) is 41.1 Å². The fourth-order valence-electron chi connectivity index (χ4n) is 4.18.